The Kier molecular flexibility index (Phi) is 6.37. The highest BCUT2D eigenvalue weighted by Crippen LogP contribution is 2.41. The number of hydrogen-bond donors (Lipinski definition) is 1. The SMILES string of the molecule is O=c1c2c(-c3ccccc3)c(-c3ccc(OC(F)F)c(OCC4CC4)c3)[nH]c2cnn1Cc1ccccc1. The molecule has 192 valence electrons. The van der Waals surface area contributed by atoms with Crippen LogP contribution >= 0.6 is 0 Å². The first-order chi connectivity index (χ1) is 18.6. The quantitative estimate of drug-likeness (QED) is 0.244. The van der Waals surface area contributed by atoms with Crippen molar-refractivity contribution in [1.82, 2.24) is 14.8 Å². The number of nitrogens with one attached hydrogen (secondary N) is 1. The van der Waals surface area contributed by atoms with Crippen LogP contribution in [0.2, 0.25) is 0 Å². The molecule has 0 spiro atoms. The minimum Gasteiger partial charge on any atom is -0.489 e. The van der Waals surface area contributed by atoms with Crippen LogP contribution in [0.3, 0.4) is 0 Å². The molecule has 2 heterocycles. The summed E-state index contributed by atoms with van der Waals surface area (Å²) in [5.41, 5.74) is 4.23. The lowest BCUT2D eigenvalue weighted by molar-refractivity contribution is -0.0515. The number of fused-ring (bicyclic) bond motifs is 1. The average molecular weight is 514 g/mol. The number of H-pyrrole nitrogens is 1. The zero-order chi connectivity index (χ0) is 26.1. The molecule has 1 aliphatic carbocycles. The fourth-order valence-electron chi connectivity index (χ4n) is 4.59. The van der Waals surface area contributed by atoms with Crippen molar-refractivity contribution >= 4 is 10.9 Å². The Morgan fingerprint density at radius 2 is 1.68 bits per heavy atom. The Morgan fingerprint density at radius 1 is 0.947 bits per heavy atom. The summed E-state index contributed by atoms with van der Waals surface area (Å²) in [4.78, 5) is 17.1. The number of ether oxygens (including phenoxy) is 2. The third-order valence-electron chi connectivity index (χ3n) is 6.66. The molecule has 1 fully saturated rings. The zero-order valence-corrected chi connectivity index (χ0v) is 20.4. The van der Waals surface area contributed by atoms with Crippen molar-refractivity contribution < 1.29 is 18.3 Å². The molecule has 6 rings (SSSR count). The standard InChI is InChI=1S/C30H25F2N3O3/c31-30(32)38-24-14-13-22(15-25(24)37-18-20-11-12-20)28-26(21-9-5-2-6-10-21)27-23(34-28)16-33-35(29(27)36)17-19-7-3-1-4-8-19/h1-10,13-16,20,30,34H,11-12,17-18H2. The molecule has 1 aliphatic rings. The van der Waals surface area contributed by atoms with Gasteiger partial charge in [-0.05, 0) is 48.1 Å². The highest BCUT2D eigenvalue weighted by atomic mass is 19.3. The molecule has 0 atom stereocenters. The Bertz CT molecular complexity index is 1630. The Morgan fingerprint density at radius 3 is 2.39 bits per heavy atom. The lowest BCUT2D eigenvalue weighted by atomic mass is 9.99. The summed E-state index contributed by atoms with van der Waals surface area (Å²) >= 11 is 0. The molecule has 38 heavy (non-hydrogen) atoms. The fourth-order valence-corrected chi connectivity index (χ4v) is 4.59. The summed E-state index contributed by atoms with van der Waals surface area (Å²) in [5.74, 6) is 0.654. The van der Waals surface area contributed by atoms with Crippen LogP contribution in [0, 0.1) is 5.92 Å². The second kappa shape index (κ2) is 10.1. The highest BCUT2D eigenvalue weighted by Gasteiger charge is 2.24. The topological polar surface area (TPSA) is 69.1 Å². The zero-order valence-electron chi connectivity index (χ0n) is 20.4. The van der Waals surface area contributed by atoms with E-state index in [1.807, 2.05) is 60.7 Å². The van der Waals surface area contributed by atoms with Crippen LogP contribution in [0.1, 0.15) is 18.4 Å². The number of aromatic amines is 1. The van der Waals surface area contributed by atoms with Gasteiger partial charge in [-0.1, -0.05) is 60.7 Å². The summed E-state index contributed by atoms with van der Waals surface area (Å²) < 4.78 is 38.2. The molecular weight excluding hydrogens is 488 g/mol. The van der Waals surface area contributed by atoms with E-state index in [4.69, 9.17) is 9.47 Å². The minimum absolute atomic E-state index is 0.0198. The van der Waals surface area contributed by atoms with E-state index < -0.39 is 6.61 Å². The van der Waals surface area contributed by atoms with Crippen molar-refractivity contribution in [2.75, 3.05) is 6.61 Å². The third-order valence-corrected chi connectivity index (χ3v) is 6.66. The summed E-state index contributed by atoms with van der Waals surface area (Å²) in [6.45, 7) is -2.19. The van der Waals surface area contributed by atoms with Gasteiger partial charge in [-0.3, -0.25) is 4.79 Å². The number of alkyl halides is 2. The van der Waals surface area contributed by atoms with Crippen LogP contribution in [0.25, 0.3) is 33.3 Å². The molecule has 0 bridgehead atoms. The van der Waals surface area contributed by atoms with Gasteiger partial charge in [0.2, 0.25) is 0 Å². The van der Waals surface area contributed by atoms with Gasteiger partial charge in [-0.25, -0.2) is 4.68 Å². The lowest BCUT2D eigenvalue weighted by Crippen LogP contribution is -2.23. The first kappa shape index (κ1) is 23.9. The van der Waals surface area contributed by atoms with E-state index in [1.54, 1.807) is 18.3 Å². The van der Waals surface area contributed by atoms with Gasteiger partial charge in [-0.15, -0.1) is 0 Å². The summed E-state index contributed by atoms with van der Waals surface area (Å²) in [5, 5.41) is 4.91. The van der Waals surface area contributed by atoms with Crippen molar-refractivity contribution in [2.24, 2.45) is 5.92 Å². The molecule has 1 saturated carbocycles. The number of aromatic nitrogens is 3. The average Bonchev–Trinajstić information content (AvgIpc) is 3.68. The first-order valence-electron chi connectivity index (χ1n) is 12.5. The van der Waals surface area contributed by atoms with Gasteiger partial charge in [0.05, 0.1) is 35.9 Å². The molecule has 0 saturated heterocycles. The minimum atomic E-state index is -2.97. The largest absolute Gasteiger partial charge is 0.489 e. The van der Waals surface area contributed by atoms with E-state index in [0.29, 0.717) is 46.8 Å². The molecule has 0 amide bonds. The second-order valence-corrected chi connectivity index (χ2v) is 9.42. The van der Waals surface area contributed by atoms with Crippen LogP contribution in [0.15, 0.2) is 89.9 Å². The molecule has 3 aromatic carbocycles. The molecule has 0 radical (unpaired) electrons. The van der Waals surface area contributed by atoms with E-state index in [2.05, 4.69) is 10.1 Å². The number of hydrogen-bond acceptors (Lipinski definition) is 4. The van der Waals surface area contributed by atoms with E-state index in [1.165, 1.54) is 10.7 Å². The monoisotopic (exact) mass is 513 g/mol. The van der Waals surface area contributed by atoms with Gasteiger partial charge >= 0.3 is 6.61 Å². The van der Waals surface area contributed by atoms with Crippen LogP contribution in [-0.2, 0) is 6.54 Å². The van der Waals surface area contributed by atoms with E-state index >= 15 is 0 Å². The maximum Gasteiger partial charge on any atom is 0.387 e. The Labute approximate surface area is 217 Å². The summed E-state index contributed by atoms with van der Waals surface area (Å²) in [7, 11) is 0. The number of rotatable bonds is 9. The smallest absolute Gasteiger partial charge is 0.387 e. The van der Waals surface area contributed by atoms with Crippen LogP contribution in [0.5, 0.6) is 11.5 Å². The van der Waals surface area contributed by atoms with Gasteiger partial charge < -0.3 is 14.5 Å². The van der Waals surface area contributed by atoms with E-state index in [9.17, 15) is 13.6 Å². The van der Waals surface area contributed by atoms with Crippen LogP contribution in [-0.4, -0.2) is 28.0 Å². The predicted molar refractivity (Wildman–Crippen MR) is 142 cm³/mol. The van der Waals surface area contributed by atoms with Gasteiger partial charge in [0, 0.05) is 11.1 Å². The van der Waals surface area contributed by atoms with Crippen molar-refractivity contribution in [1.29, 1.82) is 0 Å². The van der Waals surface area contributed by atoms with E-state index in [-0.39, 0.29) is 17.1 Å². The van der Waals surface area contributed by atoms with Crippen molar-refractivity contribution in [3.8, 4) is 33.9 Å². The first-order valence-corrected chi connectivity index (χ1v) is 12.5. The molecule has 0 unspecified atom stereocenters. The van der Waals surface area contributed by atoms with Crippen LogP contribution < -0.4 is 15.0 Å². The summed E-state index contributed by atoms with van der Waals surface area (Å²) in [6, 6.07) is 24.1. The summed E-state index contributed by atoms with van der Waals surface area (Å²) in [6.07, 6.45) is 3.77. The van der Waals surface area contributed by atoms with Gasteiger partial charge in [0.25, 0.3) is 5.56 Å². The Hall–Kier alpha value is -4.46. The fraction of sp³-hybridized carbons (Fsp3) is 0.200. The number of nitrogens with zero attached hydrogens (tertiary/aromatic N) is 2. The second-order valence-electron chi connectivity index (χ2n) is 9.42. The molecule has 5 aromatic rings. The van der Waals surface area contributed by atoms with Crippen molar-refractivity contribution in [3.05, 3.63) is 101 Å². The maximum absolute atomic E-state index is 13.8. The van der Waals surface area contributed by atoms with Gasteiger partial charge in [-0.2, -0.15) is 13.9 Å². The predicted octanol–water partition coefficient (Wildman–Crippen LogP) is 6.50. The number of benzene rings is 3. The number of halogens is 2. The molecular formula is C30H25F2N3O3. The van der Waals surface area contributed by atoms with E-state index in [0.717, 1.165) is 24.0 Å². The molecule has 8 heteroatoms. The molecule has 0 aliphatic heterocycles. The van der Waals surface area contributed by atoms with Gasteiger partial charge in [0.15, 0.2) is 11.5 Å². The molecule has 1 N–H and O–H groups in total. The van der Waals surface area contributed by atoms with Crippen LogP contribution in [0.4, 0.5) is 8.78 Å². The maximum atomic E-state index is 13.8. The lowest BCUT2D eigenvalue weighted by Gasteiger charge is -2.14. The van der Waals surface area contributed by atoms with Crippen molar-refractivity contribution in [2.45, 2.75) is 26.0 Å². The normalized spacial score (nSPS) is 13.2. The third kappa shape index (κ3) is 4.89. The highest BCUT2D eigenvalue weighted by molar-refractivity contribution is 6.03. The molecule has 6 nitrogen and oxygen atoms in total. The van der Waals surface area contributed by atoms with Gasteiger partial charge in [0.1, 0.15) is 0 Å². The van der Waals surface area contributed by atoms with Crippen molar-refractivity contribution in [3.63, 3.8) is 0 Å². The Balaban J connectivity index is 1.50. The molecule has 2 aromatic heterocycles.